The van der Waals surface area contributed by atoms with E-state index in [9.17, 15) is 14.0 Å². The fourth-order valence-corrected chi connectivity index (χ4v) is 3.73. The highest BCUT2D eigenvalue weighted by atomic mass is 19.1. The van der Waals surface area contributed by atoms with Gasteiger partial charge in [-0.15, -0.1) is 0 Å². The molecule has 0 unspecified atom stereocenters. The lowest BCUT2D eigenvalue weighted by molar-refractivity contribution is 0.0949. The first kappa shape index (κ1) is 22.7. The third kappa shape index (κ3) is 4.80. The zero-order valence-electron chi connectivity index (χ0n) is 18.6. The van der Waals surface area contributed by atoms with Crippen molar-refractivity contribution in [3.63, 3.8) is 0 Å². The van der Waals surface area contributed by atoms with E-state index in [0.29, 0.717) is 28.9 Å². The van der Waals surface area contributed by atoms with Crippen LogP contribution in [0.15, 0.2) is 72.8 Å². The fraction of sp³-hybridized carbons (Fsp3) is 0.115. The minimum absolute atomic E-state index is 0.108. The summed E-state index contributed by atoms with van der Waals surface area (Å²) >= 11 is 0. The molecule has 2 amide bonds. The summed E-state index contributed by atoms with van der Waals surface area (Å²) in [5, 5.41) is 7.38. The lowest BCUT2D eigenvalue weighted by atomic mass is 10.0. The first-order chi connectivity index (χ1) is 16.3. The van der Waals surface area contributed by atoms with E-state index in [1.54, 1.807) is 30.3 Å². The van der Waals surface area contributed by atoms with Gasteiger partial charge in [-0.05, 0) is 41.8 Å². The zero-order chi connectivity index (χ0) is 24.2. The number of nitrogens with two attached hydrogens (primary N) is 2. The largest absolute Gasteiger partial charge is 0.383 e. The van der Waals surface area contributed by atoms with Crippen molar-refractivity contribution in [1.29, 1.82) is 0 Å². The molecule has 1 aromatic heterocycles. The smallest absolute Gasteiger partial charge is 0.254 e. The van der Waals surface area contributed by atoms with Crippen molar-refractivity contribution in [3.05, 3.63) is 106 Å². The number of benzene rings is 3. The average molecular weight is 458 g/mol. The van der Waals surface area contributed by atoms with Crippen LogP contribution in [0.4, 0.5) is 10.2 Å². The van der Waals surface area contributed by atoms with Gasteiger partial charge in [-0.25, -0.2) is 9.07 Å². The van der Waals surface area contributed by atoms with Crippen molar-refractivity contribution >= 4 is 17.6 Å². The Morgan fingerprint density at radius 1 is 1.00 bits per heavy atom. The molecule has 4 aromatic rings. The van der Waals surface area contributed by atoms with Gasteiger partial charge >= 0.3 is 0 Å². The molecule has 0 bridgehead atoms. The summed E-state index contributed by atoms with van der Waals surface area (Å²) in [5.74, 6) is -1.11. The van der Waals surface area contributed by atoms with Crippen LogP contribution in [-0.2, 0) is 13.1 Å². The Balaban J connectivity index is 1.54. The summed E-state index contributed by atoms with van der Waals surface area (Å²) in [6.07, 6.45) is 0. The molecule has 34 heavy (non-hydrogen) atoms. The molecular weight excluding hydrogens is 433 g/mol. The third-order valence-electron chi connectivity index (χ3n) is 5.53. The third-order valence-corrected chi connectivity index (χ3v) is 5.53. The standard InChI is InChI=1S/C26H24FN5O2/c1-16-5-2-3-8-21(16)26(34)30-14-17-9-11-19(12-10-17)23-22(25(29)33)24(28)32(31-23)15-18-6-4-7-20(27)13-18/h2-13H,14-15,28H2,1H3,(H2,29,33)(H,30,34). The van der Waals surface area contributed by atoms with Crippen molar-refractivity contribution < 1.29 is 14.0 Å². The predicted molar refractivity (Wildman–Crippen MR) is 128 cm³/mol. The fourth-order valence-electron chi connectivity index (χ4n) is 3.73. The number of nitrogens with zero attached hydrogens (tertiary/aromatic N) is 2. The van der Waals surface area contributed by atoms with Gasteiger partial charge in [0.2, 0.25) is 0 Å². The number of halogens is 1. The maximum atomic E-state index is 13.6. The van der Waals surface area contributed by atoms with Crippen LogP contribution in [0.1, 0.15) is 37.4 Å². The Labute approximate surface area is 196 Å². The molecule has 0 saturated heterocycles. The van der Waals surface area contributed by atoms with E-state index in [1.807, 2.05) is 37.3 Å². The summed E-state index contributed by atoms with van der Waals surface area (Å²) in [5.41, 5.74) is 15.9. The molecule has 0 aliphatic rings. The number of aryl methyl sites for hydroxylation is 1. The number of carbonyl (C=O) groups excluding carboxylic acids is 2. The molecule has 0 spiro atoms. The topological polar surface area (TPSA) is 116 Å². The molecule has 5 N–H and O–H groups in total. The first-order valence-electron chi connectivity index (χ1n) is 10.7. The van der Waals surface area contributed by atoms with Gasteiger partial charge in [0.15, 0.2) is 0 Å². The van der Waals surface area contributed by atoms with E-state index in [4.69, 9.17) is 11.5 Å². The van der Waals surface area contributed by atoms with Crippen molar-refractivity contribution in [3.8, 4) is 11.3 Å². The molecule has 0 aliphatic carbocycles. The zero-order valence-corrected chi connectivity index (χ0v) is 18.6. The Bertz CT molecular complexity index is 1360. The molecular formula is C26H24FN5O2. The van der Waals surface area contributed by atoms with Crippen LogP contribution in [0, 0.1) is 12.7 Å². The summed E-state index contributed by atoms with van der Waals surface area (Å²) in [6, 6.07) is 20.7. The van der Waals surface area contributed by atoms with Gasteiger partial charge < -0.3 is 16.8 Å². The Morgan fingerprint density at radius 2 is 1.74 bits per heavy atom. The highest BCUT2D eigenvalue weighted by Gasteiger charge is 2.21. The highest BCUT2D eigenvalue weighted by Crippen LogP contribution is 2.28. The molecule has 0 saturated carbocycles. The maximum absolute atomic E-state index is 13.6. The van der Waals surface area contributed by atoms with Gasteiger partial charge in [0.05, 0.1) is 6.54 Å². The molecule has 1 heterocycles. The number of carbonyl (C=O) groups is 2. The van der Waals surface area contributed by atoms with E-state index in [0.717, 1.165) is 11.1 Å². The Kier molecular flexibility index (Phi) is 6.40. The summed E-state index contributed by atoms with van der Waals surface area (Å²) < 4.78 is 15.0. The quantitative estimate of drug-likeness (QED) is 0.393. The van der Waals surface area contributed by atoms with E-state index < -0.39 is 5.91 Å². The molecule has 172 valence electrons. The molecule has 0 fully saturated rings. The number of nitrogen functional groups attached to an aromatic ring is 1. The number of amides is 2. The van der Waals surface area contributed by atoms with Gasteiger partial charge in [0, 0.05) is 17.7 Å². The highest BCUT2D eigenvalue weighted by molar-refractivity contribution is 6.03. The SMILES string of the molecule is Cc1ccccc1C(=O)NCc1ccc(-c2nn(Cc3cccc(F)c3)c(N)c2C(N)=O)cc1. The number of hydrogen-bond donors (Lipinski definition) is 3. The normalized spacial score (nSPS) is 10.8. The van der Waals surface area contributed by atoms with Crippen LogP contribution >= 0.6 is 0 Å². The Morgan fingerprint density at radius 3 is 2.41 bits per heavy atom. The van der Waals surface area contributed by atoms with Crippen LogP contribution in [0.2, 0.25) is 0 Å². The van der Waals surface area contributed by atoms with Gasteiger partial charge in [-0.1, -0.05) is 54.6 Å². The average Bonchev–Trinajstić information content (AvgIpc) is 3.14. The van der Waals surface area contributed by atoms with Gasteiger partial charge in [0.25, 0.3) is 11.8 Å². The molecule has 7 nitrogen and oxygen atoms in total. The molecule has 0 aliphatic heterocycles. The van der Waals surface area contributed by atoms with Crippen LogP contribution in [-0.4, -0.2) is 21.6 Å². The predicted octanol–water partition coefficient (Wildman–Crippen LogP) is 3.66. The number of primary amides is 1. The Hall–Kier alpha value is -4.46. The monoisotopic (exact) mass is 457 g/mol. The van der Waals surface area contributed by atoms with Crippen LogP contribution in [0.3, 0.4) is 0 Å². The van der Waals surface area contributed by atoms with Crippen molar-refractivity contribution in [2.24, 2.45) is 5.73 Å². The van der Waals surface area contributed by atoms with E-state index in [1.165, 1.54) is 16.8 Å². The summed E-state index contributed by atoms with van der Waals surface area (Å²) in [6.45, 7) is 2.41. The summed E-state index contributed by atoms with van der Waals surface area (Å²) in [7, 11) is 0. The lowest BCUT2D eigenvalue weighted by Crippen LogP contribution is -2.23. The lowest BCUT2D eigenvalue weighted by Gasteiger charge is -2.08. The van der Waals surface area contributed by atoms with Crippen molar-refractivity contribution in [2.45, 2.75) is 20.0 Å². The van der Waals surface area contributed by atoms with Crippen LogP contribution < -0.4 is 16.8 Å². The molecule has 3 aromatic carbocycles. The second kappa shape index (κ2) is 9.58. The second-order valence-electron chi connectivity index (χ2n) is 7.96. The second-order valence-corrected chi connectivity index (χ2v) is 7.96. The van der Waals surface area contributed by atoms with Crippen molar-refractivity contribution in [2.75, 3.05) is 5.73 Å². The van der Waals surface area contributed by atoms with Gasteiger partial charge in [-0.2, -0.15) is 5.10 Å². The minimum atomic E-state index is -0.701. The molecule has 0 radical (unpaired) electrons. The number of aromatic nitrogens is 2. The minimum Gasteiger partial charge on any atom is -0.383 e. The van der Waals surface area contributed by atoms with Crippen LogP contribution in [0.25, 0.3) is 11.3 Å². The summed E-state index contributed by atoms with van der Waals surface area (Å²) in [4.78, 5) is 24.6. The maximum Gasteiger partial charge on any atom is 0.254 e. The van der Waals surface area contributed by atoms with E-state index >= 15 is 0 Å². The van der Waals surface area contributed by atoms with Gasteiger partial charge in [0.1, 0.15) is 22.9 Å². The number of rotatable bonds is 7. The van der Waals surface area contributed by atoms with E-state index in [2.05, 4.69) is 10.4 Å². The van der Waals surface area contributed by atoms with E-state index in [-0.39, 0.29) is 29.7 Å². The van der Waals surface area contributed by atoms with Crippen molar-refractivity contribution in [1.82, 2.24) is 15.1 Å². The number of hydrogen-bond acceptors (Lipinski definition) is 4. The van der Waals surface area contributed by atoms with Gasteiger partial charge in [-0.3, -0.25) is 9.59 Å². The molecule has 8 heteroatoms. The molecule has 4 rings (SSSR count). The first-order valence-corrected chi connectivity index (χ1v) is 10.7. The molecule has 0 atom stereocenters. The van der Waals surface area contributed by atoms with Crippen LogP contribution in [0.5, 0.6) is 0 Å². The number of nitrogens with one attached hydrogen (secondary N) is 1. The number of anilines is 1.